The average molecular weight is 286 g/mol. The summed E-state index contributed by atoms with van der Waals surface area (Å²) >= 11 is 5.74. The standard InChI is InChI=1S/C13H16ClNO4/c1-7(2)5-10(13(18)19)15-12(17)9-6-8(14)3-4-11(9)16/h3-4,6-7,10,16H,5H2,1-2H3,(H,15,17)(H,18,19). The van der Waals surface area contributed by atoms with Gasteiger partial charge < -0.3 is 15.5 Å². The van der Waals surface area contributed by atoms with E-state index >= 15 is 0 Å². The summed E-state index contributed by atoms with van der Waals surface area (Å²) in [6.45, 7) is 3.72. The summed E-state index contributed by atoms with van der Waals surface area (Å²) in [6, 6.07) is 3.03. The summed E-state index contributed by atoms with van der Waals surface area (Å²) in [7, 11) is 0. The predicted molar refractivity (Wildman–Crippen MR) is 71.5 cm³/mol. The number of carbonyl (C=O) groups excluding carboxylic acids is 1. The maximum atomic E-state index is 11.9. The van der Waals surface area contributed by atoms with Gasteiger partial charge in [0.15, 0.2) is 0 Å². The second-order valence-corrected chi connectivity index (χ2v) is 5.09. The first kappa shape index (κ1) is 15.3. The third-order valence-electron chi connectivity index (χ3n) is 2.51. The fraction of sp³-hybridized carbons (Fsp3) is 0.385. The lowest BCUT2D eigenvalue weighted by molar-refractivity contribution is -0.139. The molecule has 0 aliphatic heterocycles. The van der Waals surface area contributed by atoms with E-state index in [0.717, 1.165) is 0 Å². The molecule has 6 heteroatoms. The van der Waals surface area contributed by atoms with Crippen molar-refractivity contribution in [2.24, 2.45) is 5.92 Å². The summed E-state index contributed by atoms with van der Waals surface area (Å²) in [5.74, 6) is -1.89. The van der Waals surface area contributed by atoms with Gasteiger partial charge in [-0.1, -0.05) is 25.4 Å². The van der Waals surface area contributed by atoms with Crippen molar-refractivity contribution >= 4 is 23.5 Å². The molecule has 1 aromatic carbocycles. The number of rotatable bonds is 5. The number of aliphatic carboxylic acids is 1. The number of aromatic hydroxyl groups is 1. The van der Waals surface area contributed by atoms with Crippen LogP contribution in [-0.2, 0) is 4.79 Å². The van der Waals surface area contributed by atoms with Crippen molar-refractivity contribution in [1.82, 2.24) is 5.32 Å². The smallest absolute Gasteiger partial charge is 0.326 e. The van der Waals surface area contributed by atoms with E-state index in [9.17, 15) is 14.7 Å². The SMILES string of the molecule is CC(C)CC(NC(=O)c1cc(Cl)ccc1O)C(=O)O. The van der Waals surface area contributed by atoms with E-state index in [0.29, 0.717) is 11.4 Å². The van der Waals surface area contributed by atoms with Gasteiger partial charge in [-0.25, -0.2) is 4.79 Å². The van der Waals surface area contributed by atoms with Crippen LogP contribution >= 0.6 is 11.6 Å². The van der Waals surface area contributed by atoms with Crippen molar-refractivity contribution in [3.05, 3.63) is 28.8 Å². The Kier molecular flexibility index (Phi) is 5.18. The molecule has 0 aromatic heterocycles. The van der Waals surface area contributed by atoms with Crippen molar-refractivity contribution in [3.8, 4) is 5.75 Å². The molecule has 0 spiro atoms. The van der Waals surface area contributed by atoms with Gasteiger partial charge in [0, 0.05) is 5.02 Å². The van der Waals surface area contributed by atoms with E-state index in [4.69, 9.17) is 16.7 Å². The van der Waals surface area contributed by atoms with E-state index in [2.05, 4.69) is 5.32 Å². The molecule has 0 saturated carbocycles. The van der Waals surface area contributed by atoms with Crippen molar-refractivity contribution in [2.75, 3.05) is 0 Å². The number of carboxylic acid groups (broad SMARTS) is 1. The second kappa shape index (κ2) is 6.43. The van der Waals surface area contributed by atoms with Crippen LogP contribution in [0.2, 0.25) is 5.02 Å². The van der Waals surface area contributed by atoms with Gasteiger partial charge in [0.1, 0.15) is 11.8 Å². The summed E-state index contributed by atoms with van der Waals surface area (Å²) in [5, 5.41) is 21.3. The molecule has 0 aliphatic rings. The van der Waals surface area contributed by atoms with Gasteiger partial charge in [0.2, 0.25) is 0 Å². The second-order valence-electron chi connectivity index (χ2n) is 4.66. The largest absolute Gasteiger partial charge is 0.507 e. The highest BCUT2D eigenvalue weighted by atomic mass is 35.5. The summed E-state index contributed by atoms with van der Waals surface area (Å²) in [6.07, 6.45) is 0.308. The van der Waals surface area contributed by atoms with E-state index in [-0.39, 0.29) is 17.2 Å². The van der Waals surface area contributed by atoms with Crippen LogP contribution in [0.3, 0.4) is 0 Å². The highest BCUT2D eigenvalue weighted by Gasteiger charge is 2.23. The first-order valence-electron chi connectivity index (χ1n) is 5.83. The summed E-state index contributed by atoms with van der Waals surface area (Å²) in [4.78, 5) is 23.0. The molecule has 0 bridgehead atoms. The Morgan fingerprint density at radius 2 is 2.00 bits per heavy atom. The quantitative estimate of drug-likeness (QED) is 0.774. The lowest BCUT2D eigenvalue weighted by atomic mass is 10.0. The average Bonchev–Trinajstić information content (AvgIpc) is 2.30. The maximum absolute atomic E-state index is 11.9. The third-order valence-corrected chi connectivity index (χ3v) is 2.75. The summed E-state index contributed by atoms with van der Waals surface area (Å²) in [5.41, 5.74) is -0.0393. The topological polar surface area (TPSA) is 86.6 Å². The predicted octanol–water partition coefficient (Wildman–Crippen LogP) is 2.27. The van der Waals surface area contributed by atoms with E-state index < -0.39 is 17.9 Å². The fourth-order valence-electron chi connectivity index (χ4n) is 1.62. The molecular weight excluding hydrogens is 270 g/mol. The minimum atomic E-state index is -1.11. The summed E-state index contributed by atoms with van der Waals surface area (Å²) < 4.78 is 0. The highest BCUT2D eigenvalue weighted by Crippen LogP contribution is 2.21. The van der Waals surface area contributed by atoms with Crippen molar-refractivity contribution in [3.63, 3.8) is 0 Å². The molecule has 104 valence electrons. The number of hydrogen-bond acceptors (Lipinski definition) is 3. The lowest BCUT2D eigenvalue weighted by Gasteiger charge is -2.16. The van der Waals surface area contributed by atoms with Crippen molar-refractivity contribution in [1.29, 1.82) is 0 Å². The number of carboxylic acids is 1. The number of halogens is 1. The molecule has 1 amide bonds. The first-order chi connectivity index (χ1) is 8.81. The third kappa shape index (κ3) is 4.44. The molecule has 0 heterocycles. The van der Waals surface area contributed by atoms with Crippen LogP contribution in [0.1, 0.15) is 30.6 Å². The van der Waals surface area contributed by atoms with E-state index in [1.807, 2.05) is 13.8 Å². The zero-order valence-corrected chi connectivity index (χ0v) is 11.4. The van der Waals surface area contributed by atoms with Crippen LogP contribution < -0.4 is 5.32 Å². The molecule has 3 N–H and O–H groups in total. The van der Waals surface area contributed by atoms with Crippen LogP contribution in [-0.4, -0.2) is 28.1 Å². The zero-order valence-electron chi connectivity index (χ0n) is 10.7. The molecule has 0 saturated heterocycles. The van der Waals surface area contributed by atoms with Gasteiger partial charge in [-0.2, -0.15) is 0 Å². The minimum Gasteiger partial charge on any atom is -0.507 e. The van der Waals surface area contributed by atoms with Crippen LogP contribution in [0.15, 0.2) is 18.2 Å². The number of nitrogens with one attached hydrogen (secondary N) is 1. The molecule has 1 aromatic rings. The molecule has 1 rings (SSSR count). The Morgan fingerprint density at radius 1 is 1.37 bits per heavy atom. The Labute approximate surface area is 116 Å². The van der Waals surface area contributed by atoms with E-state index in [1.165, 1.54) is 18.2 Å². The van der Waals surface area contributed by atoms with Crippen LogP contribution in [0.5, 0.6) is 5.75 Å². The lowest BCUT2D eigenvalue weighted by Crippen LogP contribution is -2.41. The molecule has 1 unspecified atom stereocenters. The minimum absolute atomic E-state index is 0.0393. The van der Waals surface area contributed by atoms with Gasteiger partial charge in [-0.05, 0) is 30.5 Å². The highest BCUT2D eigenvalue weighted by molar-refractivity contribution is 6.31. The number of amides is 1. The van der Waals surface area contributed by atoms with Crippen LogP contribution in [0.25, 0.3) is 0 Å². The number of phenolic OH excluding ortho intramolecular Hbond substituents is 1. The normalized spacial score (nSPS) is 12.2. The number of hydrogen-bond donors (Lipinski definition) is 3. The zero-order chi connectivity index (χ0) is 14.6. The Bertz CT molecular complexity index is 488. The van der Waals surface area contributed by atoms with E-state index in [1.54, 1.807) is 0 Å². The van der Waals surface area contributed by atoms with Crippen molar-refractivity contribution in [2.45, 2.75) is 26.3 Å². The van der Waals surface area contributed by atoms with Crippen molar-refractivity contribution < 1.29 is 19.8 Å². The molecule has 1 atom stereocenters. The monoisotopic (exact) mass is 285 g/mol. The van der Waals surface area contributed by atoms with Gasteiger partial charge >= 0.3 is 5.97 Å². The molecular formula is C13H16ClNO4. The molecule has 0 aliphatic carbocycles. The Morgan fingerprint density at radius 3 is 2.53 bits per heavy atom. The number of carbonyl (C=O) groups is 2. The van der Waals surface area contributed by atoms with Crippen LogP contribution in [0, 0.1) is 5.92 Å². The number of benzene rings is 1. The van der Waals surface area contributed by atoms with Gasteiger partial charge in [0.25, 0.3) is 5.91 Å². The van der Waals surface area contributed by atoms with Gasteiger partial charge in [-0.15, -0.1) is 0 Å². The Hall–Kier alpha value is -1.75. The molecule has 0 fully saturated rings. The van der Waals surface area contributed by atoms with Gasteiger partial charge in [-0.3, -0.25) is 4.79 Å². The fourth-order valence-corrected chi connectivity index (χ4v) is 1.79. The first-order valence-corrected chi connectivity index (χ1v) is 6.21. The van der Waals surface area contributed by atoms with Gasteiger partial charge in [0.05, 0.1) is 5.56 Å². The Balaban J connectivity index is 2.87. The molecule has 19 heavy (non-hydrogen) atoms. The maximum Gasteiger partial charge on any atom is 0.326 e. The molecule has 0 radical (unpaired) electrons. The molecule has 5 nitrogen and oxygen atoms in total. The number of phenols is 1. The van der Waals surface area contributed by atoms with Crippen LogP contribution in [0.4, 0.5) is 0 Å².